The van der Waals surface area contributed by atoms with E-state index in [-0.39, 0.29) is 10.8 Å². The molecule has 2 fully saturated rings. The van der Waals surface area contributed by atoms with Crippen molar-refractivity contribution in [3.8, 4) is 5.75 Å². The summed E-state index contributed by atoms with van der Waals surface area (Å²) < 4.78 is 33.6. The summed E-state index contributed by atoms with van der Waals surface area (Å²) in [4.78, 5) is 17.7. The molecule has 1 atom stereocenters. The molecule has 1 amide bonds. The molecule has 0 radical (unpaired) electrons. The van der Waals surface area contributed by atoms with E-state index in [0.29, 0.717) is 43.8 Å². The van der Waals surface area contributed by atoms with E-state index in [1.807, 2.05) is 23.1 Å². The monoisotopic (exact) mass is 483 g/mol. The van der Waals surface area contributed by atoms with Gasteiger partial charge in [0.05, 0.1) is 12.0 Å². The molecule has 1 unspecified atom stereocenters. The zero-order valence-electron chi connectivity index (χ0n) is 19.9. The number of sulfonamides is 1. The van der Waals surface area contributed by atoms with Crippen molar-refractivity contribution in [2.45, 2.75) is 30.7 Å². The number of hydrogen-bond acceptors (Lipinski definition) is 5. The quantitative estimate of drug-likeness (QED) is 0.606. The fraction of sp³-hybridized carbons (Fsp3) is 0.423. The molecule has 2 saturated heterocycles. The van der Waals surface area contributed by atoms with Gasteiger partial charge in [0.1, 0.15) is 11.8 Å². The molecule has 8 heteroatoms. The van der Waals surface area contributed by atoms with Gasteiger partial charge in [-0.3, -0.25) is 9.69 Å². The highest BCUT2D eigenvalue weighted by Gasteiger charge is 2.42. The van der Waals surface area contributed by atoms with E-state index in [9.17, 15) is 13.2 Å². The van der Waals surface area contributed by atoms with Gasteiger partial charge in [0.15, 0.2) is 0 Å². The summed E-state index contributed by atoms with van der Waals surface area (Å²) in [7, 11) is -2.28. The van der Waals surface area contributed by atoms with Crippen molar-refractivity contribution in [2.75, 3.05) is 46.4 Å². The molecule has 2 heterocycles. The summed E-state index contributed by atoms with van der Waals surface area (Å²) in [5.41, 5.74) is 1.82. The summed E-state index contributed by atoms with van der Waals surface area (Å²) in [5.74, 6) is 0.407. The standard InChI is InChI=1S/C26H33N3O4S/c1-21-12-13-23(33-2)20-25(21)34(31,32)29-15-7-11-24(29)26(30)28-18-16-27(17-19-28)14-6-10-22-8-4-3-5-9-22/h3-6,8-10,12-13,20,24H,7,11,14-19H2,1-2H3/b10-6+. The molecule has 0 aliphatic carbocycles. The molecule has 0 bridgehead atoms. The molecule has 0 N–H and O–H groups in total. The van der Waals surface area contributed by atoms with Gasteiger partial charge in [-0.05, 0) is 37.0 Å². The molecular formula is C26H33N3O4S. The van der Waals surface area contributed by atoms with Crippen LogP contribution in [0.25, 0.3) is 6.08 Å². The van der Waals surface area contributed by atoms with Crippen molar-refractivity contribution < 1.29 is 17.9 Å². The van der Waals surface area contributed by atoms with Gasteiger partial charge in [-0.25, -0.2) is 8.42 Å². The average Bonchev–Trinajstić information content (AvgIpc) is 3.36. The number of piperazine rings is 1. The smallest absolute Gasteiger partial charge is 0.244 e. The van der Waals surface area contributed by atoms with Crippen LogP contribution in [0, 0.1) is 6.92 Å². The van der Waals surface area contributed by atoms with Crippen molar-refractivity contribution in [3.05, 3.63) is 65.7 Å². The number of ether oxygens (including phenoxy) is 1. The molecule has 4 rings (SSSR count). The van der Waals surface area contributed by atoms with Crippen LogP contribution in [0.1, 0.15) is 24.0 Å². The van der Waals surface area contributed by atoms with E-state index < -0.39 is 16.1 Å². The SMILES string of the molecule is COc1ccc(C)c(S(=O)(=O)N2CCCC2C(=O)N2CCN(C/C=C/c3ccccc3)CC2)c1. The van der Waals surface area contributed by atoms with E-state index in [1.165, 1.54) is 17.0 Å². The third-order valence-corrected chi connectivity index (χ3v) is 8.68. The predicted molar refractivity (Wildman–Crippen MR) is 133 cm³/mol. The topological polar surface area (TPSA) is 70.2 Å². The highest BCUT2D eigenvalue weighted by molar-refractivity contribution is 7.89. The summed E-state index contributed by atoms with van der Waals surface area (Å²) in [6.07, 6.45) is 5.50. The molecule has 2 aromatic carbocycles. The number of carbonyl (C=O) groups is 1. The molecule has 2 aliphatic heterocycles. The fourth-order valence-electron chi connectivity index (χ4n) is 4.65. The Morgan fingerprint density at radius 1 is 1.06 bits per heavy atom. The van der Waals surface area contributed by atoms with Crippen molar-refractivity contribution in [3.63, 3.8) is 0 Å². The van der Waals surface area contributed by atoms with Crippen molar-refractivity contribution in [2.24, 2.45) is 0 Å². The highest BCUT2D eigenvalue weighted by atomic mass is 32.2. The first kappa shape index (κ1) is 24.4. The number of methoxy groups -OCH3 is 1. The molecular weight excluding hydrogens is 450 g/mol. The molecule has 182 valence electrons. The summed E-state index contributed by atoms with van der Waals surface area (Å²) in [6.45, 7) is 5.74. The van der Waals surface area contributed by atoms with E-state index in [0.717, 1.165) is 19.6 Å². The Bertz CT molecular complexity index is 1130. The Morgan fingerprint density at radius 3 is 2.50 bits per heavy atom. The van der Waals surface area contributed by atoms with Gasteiger partial charge in [0, 0.05) is 45.3 Å². The average molecular weight is 484 g/mol. The van der Waals surface area contributed by atoms with Crippen LogP contribution in [-0.2, 0) is 14.8 Å². The van der Waals surface area contributed by atoms with Crippen LogP contribution in [0.4, 0.5) is 0 Å². The molecule has 34 heavy (non-hydrogen) atoms. The minimum absolute atomic E-state index is 0.0823. The zero-order valence-corrected chi connectivity index (χ0v) is 20.7. The number of amides is 1. The fourth-order valence-corrected chi connectivity index (χ4v) is 6.54. The molecule has 2 aromatic rings. The van der Waals surface area contributed by atoms with Gasteiger partial charge in [0.25, 0.3) is 0 Å². The molecule has 0 spiro atoms. The first-order chi connectivity index (χ1) is 16.4. The maximum Gasteiger partial charge on any atom is 0.244 e. The lowest BCUT2D eigenvalue weighted by molar-refractivity contribution is -0.136. The van der Waals surface area contributed by atoms with Gasteiger partial charge >= 0.3 is 0 Å². The number of nitrogens with zero attached hydrogens (tertiary/aromatic N) is 3. The Kier molecular flexibility index (Phi) is 7.70. The summed E-state index contributed by atoms with van der Waals surface area (Å²) >= 11 is 0. The minimum atomic E-state index is -3.80. The van der Waals surface area contributed by atoms with E-state index in [4.69, 9.17) is 4.74 Å². The van der Waals surface area contributed by atoms with Crippen LogP contribution >= 0.6 is 0 Å². The van der Waals surface area contributed by atoms with Gasteiger partial charge in [-0.1, -0.05) is 48.6 Å². The maximum atomic E-state index is 13.5. The Balaban J connectivity index is 1.38. The lowest BCUT2D eigenvalue weighted by Crippen LogP contribution is -2.54. The second kappa shape index (κ2) is 10.7. The lowest BCUT2D eigenvalue weighted by atomic mass is 10.2. The van der Waals surface area contributed by atoms with Crippen molar-refractivity contribution in [1.29, 1.82) is 0 Å². The predicted octanol–water partition coefficient (Wildman–Crippen LogP) is 3.01. The third-order valence-electron chi connectivity index (χ3n) is 6.63. The van der Waals surface area contributed by atoms with Crippen LogP contribution in [-0.4, -0.2) is 80.9 Å². The van der Waals surface area contributed by atoms with E-state index >= 15 is 0 Å². The van der Waals surface area contributed by atoms with Crippen LogP contribution in [0.15, 0.2) is 59.5 Å². The van der Waals surface area contributed by atoms with Crippen LogP contribution in [0.5, 0.6) is 5.75 Å². The molecule has 2 aliphatic rings. The number of rotatable bonds is 7. The summed E-state index contributed by atoms with van der Waals surface area (Å²) in [6, 6.07) is 14.6. The number of benzene rings is 2. The third kappa shape index (κ3) is 5.35. The van der Waals surface area contributed by atoms with E-state index in [2.05, 4.69) is 29.2 Å². The van der Waals surface area contributed by atoms with Gasteiger partial charge < -0.3 is 9.64 Å². The highest BCUT2D eigenvalue weighted by Crippen LogP contribution is 2.31. The number of aryl methyl sites for hydroxylation is 1. The number of hydrogen-bond donors (Lipinski definition) is 0. The van der Waals surface area contributed by atoms with Crippen molar-refractivity contribution in [1.82, 2.24) is 14.1 Å². The second-order valence-electron chi connectivity index (χ2n) is 8.84. The van der Waals surface area contributed by atoms with Crippen molar-refractivity contribution >= 4 is 22.0 Å². The first-order valence-corrected chi connectivity index (χ1v) is 13.2. The van der Waals surface area contributed by atoms with Crippen LogP contribution in [0.3, 0.4) is 0 Å². The second-order valence-corrected chi connectivity index (χ2v) is 10.7. The minimum Gasteiger partial charge on any atom is -0.497 e. The van der Waals surface area contributed by atoms with Gasteiger partial charge in [0.2, 0.25) is 15.9 Å². The largest absolute Gasteiger partial charge is 0.497 e. The zero-order chi connectivity index (χ0) is 24.1. The number of carbonyl (C=O) groups excluding carboxylic acids is 1. The van der Waals surface area contributed by atoms with E-state index in [1.54, 1.807) is 25.1 Å². The molecule has 0 aromatic heterocycles. The first-order valence-electron chi connectivity index (χ1n) is 11.8. The van der Waals surface area contributed by atoms with Crippen LogP contribution < -0.4 is 4.74 Å². The molecule has 7 nitrogen and oxygen atoms in total. The van der Waals surface area contributed by atoms with Gasteiger partial charge in [-0.2, -0.15) is 4.31 Å². The normalized spacial score (nSPS) is 20.2. The lowest BCUT2D eigenvalue weighted by Gasteiger charge is -2.36. The Labute approximate surface area is 202 Å². The van der Waals surface area contributed by atoms with Crippen LogP contribution in [0.2, 0.25) is 0 Å². The maximum absolute atomic E-state index is 13.5. The Hall–Kier alpha value is -2.68. The molecule has 0 saturated carbocycles. The van der Waals surface area contributed by atoms with Gasteiger partial charge in [-0.15, -0.1) is 0 Å². The summed E-state index contributed by atoms with van der Waals surface area (Å²) in [5, 5.41) is 0. The Morgan fingerprint density at radius 2 is 1.79 bits per heavy atom.